The van der Waals surface area contributed by atoms with Gasteiger partial charge in [0.25, 0.3) is 0 Å². The van der Waals surface area contributed by atoms with Crippen molar-refractivity contribution < 1.29 is 14.6 Å². The molecule has 1 saturated carbocycles. The lowest BCUT2D eigenvalue weighted by Crippen LogP contribution is -2.57. The Morgan fingerprint density at radius 2 is 1.81 bits per heavy atom. The Kier molecular flexibility index (Phi) is 3.69. The fourth-order valence-corrected chi connectivity index (χ4v) is 3.70. The van der Waals surface area contributed by atoms with Gasteiger partial charge in [-0.3, -0.25) is 0 Å². The third kappa shape index (κ3) is 3.51. The van der Waals surface area contributed by atoms with E-state index in [0.717, 1.165) is 12.8 Å². The van der Waals surface area contributed by atoms with Gasteiger partial charge in [-0.15, -0.1) is 0 Å². The fourth-order valence-electron chi connectivity index (χ4n) is 3.70. The smallest absolute Gasteiger partial charge is 0.410 e. The van der Waals surface area contributed by atoms with Gasteiger partial charge >= 0.3 is 6.09 Å². The maximum absolute atomic E-state index is 12.4. The van der Waals surface area contributed by atoms with Gasteiger partial charge in [-0.05, 0) is 59.3 Å². The molecule has 120 valence electrons. The van der Waals surface area contributed by atoms with Crippen molar-refractivity contribution >= 4 is 6.09 Å². The van der Waals surface area contributed by atoms with Gasteiger partial charge in [0.2, 0.25) is 0 Å². The van der Waals surface area contributed by atoms with E-state index in [-0.39, 0.29) is 18.2 Å². The first-order valence-corrected chi connectivity index (χ1v) is 8.23. The predicted octanol–water partition coefficient (Wildman–Crippen LogP) is 2.03. The van der Waals surface area contributed by atoms with E-state index in [0.29, 0.717) is 25.4 Å². The van der Waals surface area contributed by atoms with Crippen molar-refractivity contribution in [3.8, 4) is 0 Å². The lowest BCUT2D eigenvalue weighted by molar-refractivity contribution is -0.0572. The molecule has 2 bridgehead atoms. The molecule has 1 amide bonds. The largest absolute Gasteiger partial charge is 0.444 e. The minimum absolute atomic E-state index is 0.129. The minimum atomic E-state index is -0.660. The van der Waals surface area contributed by atoms with Crippen molar-refractivity contribution in [2.75, 3.05) is 6.54 Å². The molecule has 5 nitrogen and oxygen atoms in total. The maximum atomic E-state index is 12.4. The molecular formula is C16H28N2O3. The van der Waals surface area contributed by atoms with Crippen molar-refractivity contribution in [2.24, 2.45) is 0 Å². The Labute approximate surface area is 127 Å². The number of fused-ring (bicyclic) bond motifs is 2. The van der Waals surface area contributed by atoms with Crippen molar-refractivity contribution in [3.63, 3.8) is 0 Å². The normalized spacial score (nSPS) is 35.9. The molecule has 2 saturated heterocycles. The van der Waals surface area contributed by atoms with Crippen molar-refractivity contribution in [2.45, 2.75) is 88.6 Å². The number of rotatable bonds is 3. The fraction of sp³-hybridized carbons (Fsp3) is 0.938. The summed E-state index contributed by atoms with van der Waals surface area (Å²) in [6, 6.07) is 0.866. The van der Waals surface area contributed by atoms with Gasteiger partial charge in [0.1, 0.15) is 5.60 Å². The van der Waals surface area contributed by atoms with Gasteiger partial charge in [0.05, 0.1) is 5.60 Å². The molecule has 2 N–H and O–H groups in total. The summed E-state index contributed by atoms with van der Waals surface area (Å²) in [4.78, 5) is 14.3. The highest BCUT2D eigenvalue weighted by Crippen LogP contribution is 2.41. The molecule has 1 aliphatic carbocycles. The second kappa shape index (κ2) is 5.13. The van der Waals surface area contributed by atoms with Gasteiger partial charge in [0, 0.05) is 24.7 Å². The summed E-state index contributed by atoms with van der Waals surface area (Å²) in [6.45, 7) is 6.35. The first-order valence-electron chi connectivity index (χ1n) is 8.23. The summed E-state index contributed by atoms with van der Waals surface area (Å²) in [5.74, 6) is 0. The van der Waals surface area contributed by atoms with Crippen LogP contribution in [0, 0.1) is 0 Å². The molecule has 0 radical (unpaired) electrons. The standard InChI is InChI=1S/C16H28N2O3/c1-15(2,3)21-14(19)18-12-6-7-13(18)9-16(20,8-12)10-17-11-4-5-11/h11-13,17,20H,4-10H2,1-3H3. The van der Waals surface area contributed by atoms with E-state index >= 15 is 0 Å². The summed E-state index contributed by atoms with van der Waals surface area (Å²) in [5, 5.41) is 14.3. The van der Waals surface area contributed by atoms with E-state index in [4.69, 9.17) is 4.74 Å². The zero-order valence-electron chi connectivity index (χ0n) is 13.4. The van der Waals surface area contributed by atoms with Crippen LogP contribution in [0.25, 0.3) is 0 Å². The van der Waals surface area contributed by atoms with Crippen LogP contribution in [0.2, 0.25) is 0 Å². The molecule has 3 rings (SSSR count). The van der Waals surface area contributed by atoms with Crippen LogP contribution >= 0.6 is 0 Å². The van der Waals surface area contributed by atoms with Crippen LogP contribution in [0.1, 0.15) is 59.3 Å². The van der Waals surface area contributed by atoms with Gasteiger partial charge < -0.3 is 20.1 Å². The highest BCUT2D eigenvalue weighted by atomic mass is 16.6. The molecule has 2 heterocycles. The van der Waals surface area contributed by atoms with Crippen LogP contribution in [-0.2, 0) is 4.74 Å². The van der Waals surface area contributed by atoms with E-state index in [1.807, 2.05) is 25.7 Å². The number of aliphatic hydroxyl groups is 1. The van der Waals surface area contributed by atoms with Crippen LogP contribution in [0.4, 0.5) is 4.79 Å². The highest BCUT2D eigenvalue weighted by molar-refractivity contribution is 5.69. The molecule has 5 heteroatoms. The molecule has 3 fully saturated rings. The summed E-state index contributed by atoms with van der Waals surface area (Å²) >= 11 is 0. The van der Waals surface area contributed by atoms with Crippen LogP contribution in [-0.4, -0.2) is 52.0 Å². The zero-order chi connectivity index (χ0) is 15.3. The summed E-state index contributed by atoms with van der Waals surface area (Å²) in [5.41, 5.74) is -1.12. The monoisotopic (exact) mass is 296 g/mol. The molecule has 0 aromatic rings. The molecule has 0 aromatic heterocycles. The average molecular weight is 296 g/mol. The van der Waals surface area contributed by atoms with E-state index in [1.54, 1.807) is 0 Å². The third-order valence-electron chi connectivity index (χ3n) is 4.75. The van der Waals surface area contributed by atoms with Crippen LogP contribution < -0.4 is 5.32 Å². The predicted molar refractivity (Wildman–Crippen MR) is 80.1 cm³/mol. The number of nitrogens with one attached hydrogen (secondary N) is 1. The first-order chi connectivity index (χ1) is 9.76. The topological polar surface area (TPSA) is 61.8 Å². The van der Waals surface area contributed by atoms with Gasteiger partial charge in [-0.25, -0.2) is 4.79 Å². The quantitative estimate of drug-likeness (QED) is 0.836. The Hall–Kier alpha value is -0.810. The van der Waals surface area contributed by atoms with Crippen molar-refractivity contribution in [3.05, 3.63) is 0 Å². The minimum Gasteiger partial charge on any atom is -0.444 e. The average Bonchev–Trinajstić information content (AvgIpc) is 3.11. The molecule has 21 heavy (non-hydrogen) atoms. The van der Waals surface area contributed by atoms with Crippen LogP contribution in [0.3, 0.4) is 0 Å². The SMILES string of the molecule is CC(C)(C)OC(=O)N1C2CCC1CC(O)(CNC1CC1)C2. The number of nitrogens with zero attached hydrogens (tertiary/aromatic N) is 1. The number of hydrogen-bond donors (Lipinski definition) is 2. The van der Waals surface area contributed by atoms with Crippen molar-refractivity contribution in [1.29, 1.82) is 0 Å². The number of hydrogen-bond acceptors (Lipinski definition) is 4. The van der Waals surface area contributed by atoms with E-state index < -0.39 is 11.2 Å². The van der Waals surface area contributed by atoms with E-state index in [2.05, 4.69) is 5.32 Å². The van der Waals surface area contributed by atoms with Gasteiger partial charge in [-0.2, -0.15) is 0 Å². The lowest BCUT2D eigenvalue weighted by Gasteiger charge is -2.44. The number of ether oxygens (including phenoxy) is 1. The number of piperidine rings is 1. The number of carbonyl (C=O) groups excluding carboxylic acids is 1. The third-order valence-corrected chi connectivity index (χ3v) is 4.75. The zero-order valence-corrected chi connectivity index (χ0v) is 13.4. The van der Waals surface area contributed by atoms with Crippen LogP contribution in [0.5, 0.6) is 0 Å². The van der Waals surface area contributed by atoms with Gasteiger partial charge in [0.15, 0.2) is 0 Å². The molecule has 2 atom stereocenters. The Balaban J connectivity index is 1.61. The molecular weight excluding hydrogens is 268 g/mol. The first kappa shape index (κ1) is 15.1. The molecule has 2 aliphatic heterocycles. The highest BCUT2D eigenvalue weighted by Gasteiger charge is 2.50. The molecule has 2 unspecified atom stereocenters. The summed E-state index contributed by atoms with van der Waals surface area (Å²) in [6.07, 6.45) is 5.54. The molecule has 0 spiro atoms. The summed E-state index contributed by atoms with van der Waals surface area (Å²) < 4.78 is 5.52. The van der Waals surface area contributed by atoms with E-state index in [9.17, 15) is 9.90 Å². The lowest BCUT2D eigenvalue weighted by atomic mass is 9.86. The van der Waals surface area contributed by atoms with Crippen molar-refractivity contribution in [1.82, 2.24) is 10.2 Å². The van der Waals surface area contributed by atoms with Crippen LogP contribution in [0.15, 0.2) is 0 Å². The second-order valence-corrected chi connectivity index (χ2v) is 8.06. The van der Waals surface area contributed by atoms with E-state index in [1.165, 1.54) is 12.8 Å². The molecule has 3 aliphatic rings. The Morgan fingerprint density at radius 3 is 2.29 bits per heavy atom. The second-order valence-electron chi connectivity index (χ2n) is 8.06. The number of carbonyl (C=O) groups is 1. The Bertz CT molecular complexity index is 400. The summed E-state index contributed by atoms with van der Waals surface area (Å²) in [7, 11) is 0. The van der Waals surface area contributed by atoms with Gasteiger partial charge in [-0.1, -0.05) is 0 Å². The maximum Gasteiger partial charge on any atom is 0.410 e. The molecule has 0 aromatic carbocycles. The number of amides is 1. The Morgan fingerprint density at radius 1 is 1.24 bits per heavy atom.